The molecular formula is C13H20N2O6. The van der Waals surface area contributed by atoms with Crippen LogP contribution >= 0.6 is 0 Å². The molecule has 0 aliphatic carbocycles. The van der Waals surface area contributed by atoms with Gasteiger partial charge in [-0.05, 0) is 27.7 Å². The molecule has 118 valence electrons. The minimum Gasteiger partial charge on any atom is -0.442 e. The minimum atomic E-state index is -1.21. The highest BCUT2D eigenvalue weighted by Crippen LogP contribution is 2.31. The first-order chi connectivity index (χ1) is 9.50. The molecule has 0 aromatic carbocycles. The van der Waals surface area contributed by atoms with E-state index in [0.717, 1.165) is 9.80 Å². The van der Waals surface area contributed by atoms with E-state index in [-0.39, 0.29) is 0 Å². The number of rotatable bonds is 4. The second-order valence-corrected chi connectivity index (χ2v) is 5.30. The molecule has 1 heterocycles. The first-order valence-electron chi connectivity index (χ1n) is 6.51. The lowest BCUT2D eigenvalue weighted by Crippen LogP contribution is -2.50. The molecule has 0 aromatic heterocycles. The van der Waals surface area contributed by atoms with Gasteiger partial charge in [0.05, 0.1) is 0 Å². The first kappa shape index (κ1) is 16.9. The molecule has 8 heteroatoms. The first-order valence-corrected chi connectivity index (χ1v) is 6.51. The Morgan fingerprint density at radius 2 is 1.43 bits per heavy atom. The Bertz CT molecular complexity index is 487. The maximum atomic E-state index is 12.4. The highest BCUT2D eigenvalue weighted by atomic mass is 16.6. The highest BCUT2D eigenvalue weighted by molar-refractivity contribution is 6.06. The topological polar surface area (TPSA) is 93.2 Å². The van der Waals surface area contributed by atoms with Gasteiger partial charge in [-0.3, -0.25) is 19.3 Å². The van der Waals surface area contributed by atoms with Crippen LogP contribution in [0.4, 0.5) is 4.79 Å². The Balaban J connectivity index is 3.08. The number of hydrogen-bond acceptors (Lipinski definition) is 6. The molecular weight excluding hydrogens is 280 g/mol. The molecule has 2 atom stereocenters. The molecule has 0 bridgehead atoms. The molecule has 21 heavy (non-hydrogen) atoms. The van der Waals surface area contributed by atoms with E-state index in [9.17, 15) is 19.2 Å². The molecule has 1 aliphatic heterocycles. The van der Waals surface area contributed by atoms with Gasteiger partial charge in [-0.2, -0.15) is 0 Å². The van der Waals surface area contributed by atoms with E-state index in [1.165, 1.54) is 41.5 Å². The summed E-state index contributed by atoms with van der Waals surface area (Å²) in [6.07, 6.45) is -1.94. The summed E-state index contributed by atoms with van der Waals surface area (Å²) in [6, 6.07) is -0.674. The van der Waals surface area contributed by atoms with E-state index < -0.39 is 41.9 Å². The summed E-state index contributed by atoms with van der Waals surface area (Å²) in [6.45, 7) is 8.39. The van der Waals surface area contributed by atoms with Gasteiger partial charge in [-0.15, -0.1) is 0 Å². The lowest BCUT2D eigenvalue weighted by Gasteiger charge is -2.32. The Kier molecular flexibility index (Phi) is 4.60. The van der Waals surface area contributed by atoms with Crippen molar-refractivity contribution in [3.63, 3.8) is 0 Å². The molecule has 8 nitrogen and oxygen atoms in total. The molecule has 1 rings (SSSR count). The Morgan fingerprint density at radius 1 is 1.00 bits per heavy atom. The summed E-state index contributed by atoms with van der Waals surface area (Å²) < 4.78 is 9.87. The SMILES string of the molecule is CC(=O)OC(C)N1C(=O)N(C(C)OC(C)=O)C(C)(C)C1=O. The lowest BCUT2D eigenvalue weighted by molar-refractivity contribution is -0.159. The van der Waals surface area contributed by atoms with Gasteiger partial charge in [0.2, 0.25) is 0 Å². The standard InChI is InChI=1S/C13H20N2O6/c1-7(20-9(3)16)14-11(18)13(5,6)15(12(14)19)8(2)21-10(4)17/h7-8H,1-6H3. The van der Waals surface area contributed by atoms with Crippen molar-refractivity contribution in [2.45, 2.75) is 59.5 Å². The van der Waals surface area contributed by atoms with E-state index >= 15 is 0 Å². The van der Waals surface area contributed by atoms with Gasteiger partial charge in [0, 0.05) is 13.8 Å². The van der Waals surface area contributed by atoms with Gasteiger partial charge in [-0.1, -0.05) is 0 Å². The summed E-state index contributed by atoms with van der Waals surface area (Å²) in [7, 11) is 0. The third-order valence-corrected chi connectivity index (χ3v) is 3.16. The van der Waals surface area contributed by atoms with Crippen LogP contribution in [-0.4, -0.2) is 51.7 Å². The van der Waals surface area contributed by atoms with Crippen LogP contribution < -0.4 is 0 Å². The summed E-state index contributed by atoms with van der Waals surface area (Å²) in [5.41, 5.74) is -1.21. The number of imide groups is 1. The number of carbonyl (C=O) groups excluding carboxylic acids is 4. The fraction of sp³-hybridized carbons (Fsp3) is 0.692. The monoisotopic (exact) mass is 300 g/mol. The highest BCUT2D eigenvalue weighted by Gasteiger charge is 2.55. The maximum Gasteiger partial charge on any atom is 0.333 e. The van der Waals surface area contributed by atoms with Crippen LogP contribution in [0.15, 0.2) is 0 Å². The molecule has 1 saturated heterocycles. The second-order valence-electron chi connectivity index (χ2n) is 5.30. The van der Waals surface area contributed by atoms with Crippen molar-refractivity contribution in [2.24, 2.45) is 0 Å². The van der Waals surface area contributed by atoms with Crippen LogP contribution in [-0.2, 0) is 23.9 Å². The van der Waals surface area contributed by atoms with E-state index in [1.54, 1.807) is 0 Å². The Hall–Kier alpha value is -2.12. The summed E-state index contributed by atoms with van der Waals surface area (Å²) in [5.74, 6) is -1.70. The zero-order valence-corrected chi connectivity index (χ0v) is 13.0. The van der Waals surface area contributed by atoms with Crippen LogP contribution in [0.25, 0.3) is 0 Å². The average Bonchev–Trinajstić information content (AvgIpc) is 2.43. The molecule has 2 unspecified atom stereocenters. The Labute approximate surface area is 123 Å². The van der Waals surface area contributed by atoms with Crippen LogP contribution in [0, 0.1) is 0 Å². The fourth-order valence-electron chi connectivity index (χ4n) is 2.36. The van der Waals surface area contributed by atoms with Crippen molar-refractivity contribution in [2.75, 3.05) is 0 Å². The molecule has 3 amide bonds. The number of ether oxygens (including phenoxy) is 2. The maximum absolute atomic E-state index is 12.4. The van der Waals surface area contributed by atoms with E-state index in [1.807, 2.05) is 0 Å². The minimum absolute atomic E-state index is 0.528. The van der Waals surface area contributed by atoms with E-state index in [2.05, 4.69) is 0 Å². The van der Waals surface area contributed by atoms with E-state index in [4.69, 9.17) is 9.47 Å². The van der Waals surface area contributed by atoms with Gasteiger partial charge in [0.1, 0.15) is 5.54 Å². The third kappa shape index (κ3) is 3.14. The lowest BCUT2D eigenvalue weighted by atomic mass is 10.0. The zero-order chi connectivity index (χ0) is 16.5. The zero-order valence-electron chi connectivity index (χ0n) is 13.0. The van der Waals surface area contributed by atoms with Gasteiger partial charge in [0.15, 0.2) is 12.5 Å². The van der Waals surface area contributed by atoms with Crippen LogP contribution in [0.3, 0.4) is 0 Å². The number of hydrogen-bond donors (Lipinski definition) is 0. The fourth-order valence-corrected chi connectivity index (χ4v) is 2.36. The molecule has 0 saturated carbocycles. The van der Waals surface area contributed by atoms with Gasteiger partial charge < -0.3 is 9.47 Å². The van der Waals surface area contributed by atoms with E-state index in [0.29, 0.717) is 0 Å². The van der Waals surface area contributed by atoms with Crippen molar-refractivity contribution in [3.8, 4) is 0 Å². The molecule has 0 spiro atoms. The molecule has 0 radical (unpaired) electrons. The molecule has 0 aromatic rings. The van der Waals surface area contributed by atoms with Gasteiger partial charge in [0.25, 0.3) is 5.91 Å². The smallest absolute Gasteiger partial charge is 0.333 e. The third-order valence-electron chi connectivity index (χ3n) is 3.16. The predicted octanol–water partition coefficient (Wildman–Crippen LogP) is 0.847. The Morgan fingerprint density at radius 3 is 1.86 bits per heavy atom. The number of amides is 3. The van der Waals surface area contributed by atoms with Crippen molar-refractivity contribution < 1.29 is 28.7 Å². The second kappa shape index (κ2) is 5.71. The van der Waals surface area contributed by atoms with Crippen LogP contribution in [0.2, 0.25) is 0 Å². The summed E-state index contributed by atoms with van der Waals surface area (Å²) >= 11 is 0. The molecule has 0 N–H and O–H groups in total. The van der Waals surface area contributed by atoms with Crippen molar-refractivity contribution in [3.05, 3.63) is 0 Å². The number of urea groups is 1. The molecule has 1 aliphatic rings. The number of esters is 2. The number of nitrogens with zero attached hydrogens (tertiary/aromatic N) is 2. The van der Waals surface area contributed by atoms with Crippen molar-refractivity contribution >= 4 is 23.9 Å². The van der Waals surface area contributed by atoms with Gasteiger partial charge >= 0.3 is 18.0 Å². The summed E-state index contributed by atoms with van der Waals surface area (Å²) in [5, 5.41) is 0. The quantitative estimate of drug-likeness (QED) is 0.564. The predicted molar refractivity (Wildman–Crippen MR) is 70.6 cm³/mol. The normalized spacial score (nSPS) is 20.3. The van der Waals surface area contributed by atoms with Crippen LogP contribution in [0.5, 0.6) is 0 Å². The average molecular weight is 300 g/mol. The number of carbonyl (C=O) groups is 4. The van der Waals surface area contributed by atoms with Crippen molar-refractivity contribution in [1.82, 2.24) is 9.80 Å². The molecule has 1 fully saturated rings. The largest absolute Gasteiger partial charge is 0.442 e. The summed E-state index contributed by atoms with van der Waals surface area (Å²) in [4.78, 5) is 48.9. The van der Waals surface area contributed by atoms with Crippen molar-refractivity contribution in [1.29, 1.82) is 0 Å². The van der Waals surface area contributed by atoms with Crippen LogP contribution in [0.1, 0.15) is 41.5 Å². The van der Waals surface area contributed by atoms with Gasteiger partial charge in [-0.25, -0.2) is 9.69 Å².